The van der Waals surface area contributed by atoms with Crippen LogP contribution in [-0.4, -0.2) is 12.5 Å². The lowest BCUT2D eigenvalue weighted by Gasteiger charge is -2.13. The Labute approximate surface area is 101 Å². The molecule has 17 heavy (non-hydrogen) atoms. The van der Waals surface area contributed by atoms with Crippen LogP contribution in [0.4, 0.5) is 14.5 Å². The van der Waals surface area contributed by atoms with E-state index in [0.717, 1.165) is 29.5 Å². The molecule has 1 rings (SSSR count). The fraction of sp³-hybridized carbons (Fsp3) is 0.538. The number of rotatable bonds is 5. The summed E-state index contributed by atoms with van der Waals surface area (Å²) in [6.07, 6.45) is 0.187. The highest BCUT2D eigenvalue weighted by molar-refractivity contribution is 5.53. The predicted molar refractivity (Wildman–Crippen MR) is 65.7 cm³/mol. The Morgan fingerprint density at radius 1 is 1.24 bits per heavy atom. The van der Waals surface area contributed by atoms with Gasteiger partial charge >= 0.3 is 0 Å². The maximum absolute atomic E-state index is 12.6. The van der Waals surface area contributed by atoms with E-state index in [2.05, 4.69) is 0 Å². The number of alkyl halides is 2. The summed E-state index contributed by atoms with van der Waals surface area (Å²) in [5.41, 5.74) is 8.33. The van der Waals surface area contributed by atoms with Gasteiger partial charge in [-0.05, 0) is 50.5 Å². The van der Waals surface area contributed by atoms with Crippen LogP contribution in [0, 0.1) is 13.8 Å². The molecule has 1 aromatic rings. The first-order valence-corrected chi connectivity index (χ1v) is 5.67. The van der Waals surface area contributed by atoms with Gasteiger partial charge in [0.15, 0.2) is 0 Å². The van der Waals surface area contributed by atoms with Crippen molar-refractivity contribution in [3.05, 3.63) is 23.3 Å². The van der Waals surface area contributed by atoms with Gasteiger partial charge in [0.2, 0.25) is 5.92 Å². The summed E-state index contributed by atoms with van der Waals surface area (Å²) in [7, 11) is 0. The lowest BCUT2D eigenvalue weighted by atomic mass is 10.1. The molecule has 0 radical (unpaired) electrons. The Balaban J connectivity index is 2.50. The molecule has 1 aromatic carbocycles. The van der Waals surface area contributed by atoms with Gasteiger partial charge in [0.05, 0.1) is 6.61 Å². The second-order valence-electron chi connectivity index (χ2n) is 4.50. The summed E-state index contributed by atoms with van der Waals surface area (Å²) in [6, 6.07) is 3.67. The number of nitrogen functional groups attached to an aromatic ring is 1. The Morgan fingerprint density at radius 2 is 1.88 bits per heavy atom. The van der Waals surface area contributed by atoms with Crippen molar-refractivity contribution in [3.63, 3.8) is 0 Å². The van der Waals surface area contributed by atoms with Crippen LogP contribution in [0.3, 0.4) is 0 Å². The van der Waals surface area contributed by atoms with Gasteiger partial charge in [-0.2, -0.15) is 0 Å². The molecule has 0 spiro atoms. The van der Waals surface area contributed by atoms with E-state index in [-0.39, 0.29) is 6.42 Å². The molecule has 0 aliphatic carbocycles. The highest BCUT2D eigenvalue weighted by atomic mass is 19.3. The standard InChI is InChI=1S/C13H19F2NO/c1-9-8-12(10(2)7-11(9)16)17-6-4-5-13(3,14)15/h7-8H,4-6,16H2,1-3H3. The number of benzene rings is 1. The second kappa shape index (κ2) is 5.34. The fourth-order valence-electron chi connectivity index (χ4n) is 1.53. The van der Waals surface area contributed by atoms with Crippen molar-refractivity contribution in [1.82, 2.24) is 0 Å². The van der Waals surface area contributed by atoms with E-state index in [1.165, 1.54) is 0 Å². The molecule has 0 amide bonds. The molecule has 2 N–H and O–H groups in total. The zero-order valence-corrected chi connectivity index (χ0v) is 10.5. The van der Waals surface area contributed by atoms with Gasteiger partial charge in [0, 0.05) is 12.1 Å². The van der Waals surface area contributed by atoms with Gasteiger partial charge < -0.3 is 10.5 Å². The topological polar surface area (TPSA) is 35.2 Å². The van der Waals surface area contributed by atoms with Crippen molar-refractivity contribution in [1.29, 1.82) is 0 Å². The average Bonchev–Trinajstić information content (AvgIpc) is 2.18. The van der Waals surface area contributed by atoms with Gasteiger partial charge in [0.25, 0.3) is 0 Å². The van der Waals surface area contributed by atoms with E-state index in [1.54, 1.807) is 0 Å². The summed E-state index contributed by atoms with van der Waals surface area (Å²) >= 11 is 0. The van der Waals surface area contributed by atoms with Crippen LogP contribution in [0.5, 0.6) is 5.75 Å². The summed E-state index contributed by atoms with van der Waals surface area (Å²) < 4.78 is 30.6. The quantitative estimate of drug-likeness (QED) is 0.632. The summed E-state index contributed by atoms with van der Waals surface area (Å²) in [5.74, 6) is -1.90. The Bertz CT molecular complexity index is 386. The lowest BCUT2D eigenvalue weighted by molar-refractivity contribution is 0.00768. The maximum Gasteiger partial charge on any atom is 0.245 e. The third-order valence-corrected chi connectivity index (χ3v) is 2.58. The molecule has 0 bridgehead atoms. The second-order valence-corrected chi connectivity index (χ2v) is 4.50. The third-order valence-electron chi connectivity index (χ3n) is 2.58. The number of hydrogen-bond acceptors (Lipinski definition) is 2. The lowest BCUT2D eigenvalue weighted by Crippen LogP contribution is -2.11. The zero-order chi connectivity index (χ0) is 13.1. The van der Waals surface area contributed by atoms with Crippen LogP contribution < -0.4 is 10.5 Å². The molecule has 0 aromatic heterocycles. The number of hydrogen-bond donors (Lipinski definition) is 1. The predicted octanol–water partition coefficient (Wildman–Crippen LogP) is 3.70. The monoisotopic (exact) mass is 243 g/mol. The van der Waals surface area contributed by atoms with Crippen molar-refractivity contribution in [3.8, 4) is 5.75 Å². The highest BCUT2D eigenvalue weighted by Crippen LogP contribution is 2.25. The molecular weight excluding hydrogens is 224 g/mol. The van der Waals surface area contributed by atoms with Crippen molar-refractivity contribution >= 4 is 5.69 Å². The van der Waals surface area contributed by atoms with E-state index in [4.69, 9.17) is 10.5 Å². The molecule has 0 aliphatic heterocycles. The van der Waals surface area contributed by atoms with E-state index < -0.39 is 5.92 Å². The largest absolute Gasteiger partial charge is 0.493 e. The highest BCUT2D eigenvalue weighted by Gasteiger charge is 2.19. The molecule has 0 heterocycles. The zero-order valence-electron chi connectivity index (χ0n) is 10.5. The molecule has 0 unspecified atom stereocenters. The molecule has 0 aliphatic rings. The molecule has 96 valence electrons. The maximum atomic E-state index is 12.6. The Hall–Kier alpha value is -1.32. The van der Waals surface area contributed by atoms with Crippen molar-refractivity contribution in [2.45, 2.75) is 39.5 Å². The van der Waals surface area contributed by atoms with Crippen LogP contribution in [0.1, 0.15) is 30.9 Å². The summed E-state index contributed by atoms with van der Waals surface area (Å²) in [4.78, 5) is 0. The number of ether oxygens (including phenoxy) is 1. The van der Waals surface area contributed by atoms with Crippen LogP contribution in [0.2, 0.25) is 0 Å². The van der Waals surface area contributed by atoms with Crippen LogP contribution in [0.15, 0.2) is 12.1 Å². The summed E-state index contributed by atoms with van der Waals surface area (Å²) in [5, 5.41) is 0. The Morgan fingerprint density at radius 3 is 2.47 bits per heavy atom. The molecule has 4 heteroatoms. The van der Waals surface area contributed by atoms with Crippen molar-refractivity contribution in [2.24, 2.45) is 0 Å². The van der Waals surface area contributed by atoms with Crippen LogP contribution >= 0.6 is 0 Å². The minimum Gasteiger partial charge on any atom is -0.493 e. The Kier molecular flexibility index (Phi) is 4.32. The summed E-state index contributed by atoms with van der Waals surface area (Å²) in [6.45, 7) is 5.00. The van der Waals surface area contributed by atoms with Gasteiger partial charge in [-0.1, -0.05) is 0 Å². The van der Waals surface area contributed by atoms with E-state index in [0.29, 0.717) is 13.0 Å². The molecule has 0 atom stereocenters. The molecule has 2 nitrogen and oxygen atoms in total. The number of anilines is 1. The SMILES string of the molecule is Cc1cc(OCCCC(C)(F)F)c(C)cc1N. The first kappa shape index (κ1) is 13.7. The smallest absolute Gasteiger partial charge is 0.245 e. The van der Waals surface area contributed by atoms with Crippen LogP contribution in [0.25, 0.3) is 0 Å². The fourth-order valence-corrected chi connectivity index (χ4v) is 1.53. The third kappa shape index (κ3) is 4.59. The molecule has 0 saturated carbocycles. The average molecular weight is 243 g/mol. The van der Waals surface area contributed by atoms with E-state index >= 15 is 0 Å². The van der Waals surface area contributed by atoms with Gasteiger partial charge in [0.1, 0.15) is 5.75 Å². The van der Waals surface area contributed by atoms with Gasteiger partial charge in [-0.15, -0.1) is 0 Å². The van der Waals surface area contributed by atoms with E-state index in [1.807, 2.05) is 26.0 Å². The number of nitrogens with two attached hydrogens (primary N) is 1. The van der Waals surface area contributed by atoms with Crippen molar-refractivity contribution < 1.29 is 13.5 Å². The first-order chi connectivity index (χ1) is 7.79. The van der Waals surface area contributed by atoms with Crippen LogP contribution in [-0.2, 0) is 0 Å². The van der Waals surface area contributed by atoms with Gasteiger partial charge in [-0.3, -0.25) is 0 Å². The van der Waals surface area contributed by atoms with Crippen molar-refractivity contribution in [2.75, 3.05) is 12.3 Å². The minimum absolute atomic E-state index is 0.153. The minimum atomic E-state index is -2.62. The number of aryl methyl sites for hydroxylation is 2. The molecular formula is C13H19F2NO. The number of halogens is 2. The first-order valence-electron chi connectivity index (χ1n) is 5.67. The normalized spacial score (nSPS) is 11.6. The van der Waals surface area contributed by atoms with E-state index in [9.17, 15) is 8.78 Å². The van der Waals surface area contributed by atoms with Gasteiger partial charge in [-0.25, -0.2) is 8.78 Å². The molecule has 0 fully saturated rings. The molecule has 0 saturated heterocycles.